The van der Waals surface area contributed by atoms with Crippen LogP contribution < -0.4 is 10.5 Å². The second-order valence-corrected chi connectivity index (χ2v) is 3.83. The predicted molar refractivity (Wildman–Crippen MR) is 59.7 cm³/mol. The number of hydrogen-bond acceptors (Lipinski definition) is 2. The normalized spacial score (nSPS) is 12.6. The quantitative estimate of drug-likeness (QED) is 0.797. The van der Waals surface area contributed by atoms with E-state index < -0.39 is 0 Å². The van der Waals surface area contributed by atoms with E-state index >= 15 is 0 Å². The molecule has 0 amide bonds. The number of aryl methyl sites for hydroxylation is 2. The van der Waals surface area contributed by atoms with E-state index in [0.29, 0.717) is 6.54 Å². The van der Waals surface area contributed by atoms with Crippen molar-refractivity contribution in [1.82, 2.24) is 0 Å². The number of ether oxygens (including phenoxy) is 1. The maximum atomic E-state index is 5.74. The molecule has 0 spiro atoms. The zero-order valence-corrected chi connectivity index (χ0v) is 9.21. The van der Waals surface area contributed by atoms with Gasteiger partial charge in [0, 0.05) is 0 Å². The summed E-state index contributed by atoms with van der Waals surface area (Å²) in [6, 6.07) is 6.25. The summed E-state index contributed by atoms with van der Waals surface area (Å²) in [5.74, 6) is 0.948. The fourth-order valence-corrected chi connectivity index (χ4v) is 1.53. The molecule has 1 rings (SSSR count). The minimum atomic E-state index is 0.196. The minimum absolute atomic E-state index is 0.196. The molecule has 1 atom stereocenters. The van der Waals surface area contributed by atoms with Crippen LogP contribution in [0.3, 0.4) is 0 Å². The van der Waals surface area contributed by atoms with Crippen molar-refractivity contribution < 1.29 is 4.74 Å². The van der Waals surface area contributed by atoms with Gasteiger partial charge in [-0.3, -0.25) is 0 Å². The van der Waals surface area contributed by atoms with E-state index in [1.54, 1.807) is 0 Å². The fourth-order valence-electron chi connectivity index (χ4n) is 1.53. The van der Waals surface area contributed by atoms with Gasteiger partial charge < -0.3 is 10.5 Å². The van der Waals surface area contributed by atoms with Crippen LogP contribution in [0.2, 0.25) is 0 Å². The molecule has 0 fully saturated rings. The topological polar surface area (TPSA) is 35.2 Å². The lowest BCUT2D eigenvalue weighted by molar-refractivity contribution is 0.213. The first-order chi connectivity index (χ1) is 6.61. The highest BCUT2D eigenvalue weighted by molar-refractivity contribution is 5.33. The molecule has 0 aliphatic carbocycles. The molecule has 0 heterocycles. The van der Waals surface area contributed by atoms with Crippen LogP contribution in [0.1, 0.15) is 24.5 Å². The number of rotatable bonds is 4. The summed E-state index contributed by atoms with van der Waals surface area (Å²) in [4.78, 5) is 0. The Kier molecular flexibility index (Phi) is 3.96. The lowest BCUT2D eigenvalue weighted by atomic mass is 10.1. The first-order valence-corrected chi connectivity index (χ1v) is 5.07. The molecule has 78 valence electrons. The van der Waals surface area contributed by atoms with Crippen molar-refractivity contribution in [3.05, 3.63) is 29.3 Å². The van der Waals surface area contributed by atoms with Gasteiger partial charge in [0.1, 0.15) is 5.75 Å². The molecule has 0 bridgehead atoms. The maximum Gasteiger partial charge on any atom is 0.120 e. The van der Waals surface area contributed by atoms with Crippen molar-refractivity contribution >= 4 is 0 Å². The van der Waals surface area contributed by atoms with Crippen molar-refractivity contribution in [2.75, 3.05) is 6.54 Å². The van der Waals surface area contributed by atoms with Crippen molar-refractivity contribution in [2.24, 2.45) is 5.73 Å². The summed E-state index contributed by atoms with van der Waals surface area (Å²) in [5, 5.41) is 0. The van der Waals surface area contributed by atoms with Gasteiger partial charge in [-0.05, 0) is 57.0 Å². The van der Waals surface area contributed by atoms with E-state index in [-0.39, 0.29) is 6.10 Å². The third kappa shape index (κ3) is 3.38. The van der Waals surface area contributed by atoms with Crippen molar-refractivity contribution in [1.29, 1.82) is 0 Å². The number of nitrogens with two attached hydrogens (primary N) is 1. The standard InChI is InChI=1S/C12H19NO/c1-9-6-10(2)8-12(7-9)14-11(3)4-5-13/h6-8,11H,4-5,13H2,1-3H3. The van der Waals surface area contributed by atoms with Crippen LogP contribution in [0.4, 0.5) is 0 Å². The van der Waals surface area contributed by atoms with Gasteiger partial charge in [0.25, 0.3) is 0 Å². The molecule has 0 aromatic heterocycles. The number of hydrogen-bond donors (Lipinski definition) is 1. The highest BCUT2D eigenvalue weighted by atomic mass is 16.5. The Morgan fingerprint density at radius 1 is 1.21 bits per heavy atom. The van der Waals surface area contributed by atoms with Crippen molar-refractivity contribution in [2.45, 2.75) is 33.3 Å². The SMILES string of the molecule is Cc1cc(C)cc(OC(C)CCN)c1. The summed E-state index contributed by atoms with van der Waals surface area (Å²) in [6.45, 7) is 6.87. The summed E-state index contributed by atoms with van der Waals surface area (Å²) in [6.07, 6.45) is 1.09. The second-order valence-electron chi connectivity index (χ2n) is 3.83. The fraction of sp³-hybridized carbons (Fsp3) is 0.500. The Morgan fingerprint density at radius 2 is 1.79 bits per heavy atom. The first kappa shape index (κ1) is 11.1. The van der Waals surface area contributed by atoms with Gasteiger partial charge in [-0.25, -0.2) is 0 Å². The molecule has 1 unspecified atom stereocenters. The molecule has 0 radical (unpaired) electrons. The highest BCUT2D eigenvalue weighted by Gasteiger charge is 2.03. The second kappa shape index (κ2) is 5.01. The van der Waals surface area contributed by atoms with Crippen LogP contribution in [0.5, 0.6) is 5.75 Å². The zero-order chi connectivity index (χ0) is 10.6. The van der Waals surface area contributed by atoms with Gasteiger partial charge in [-0.2, -0.15) is 0 Å². The van der Waals surface area contributed by atoms with E-state index in [1.165, 1.54) is 11.1 Å². The molecular formula is C12H19NO. The van der Waals surface area contributed by atoms with E-state index in [4.69, 9.17) is 10.5 Å². The minimum Gasteiger partial charge on any atom is -0.491 e. The average molecular weight is 193 g/mol. The van der Waals surface area contributed by atoms with Gasteiger partial charge >= 0.3 is 0 Å². The van der Waals surface area contributed by atoms with Crippen LogP contribution in [0, 0.1) is 13.8 Å². The van der Waals surface area contributed by atoms with Crippen molar-refractivity contribution in [3.63, 3.8) is 0 Å². The van der Waals surface area contributed by atoms with Crippen molar-refractivity contribution in [3.8, 4) is 5.75 Å². The molecule has 2 heteroatoms. The predicted octanol–water partition coefficient (Wildman–Crippen LogP) is 2.42. The summed E-state index contributed by atoms with van der Waals surface area (Å²) >= 11 is 0. The van der Waals surface area contributed by atoms with Crippen LogP contribution >= 0.6 is 0 Å². The van der Waals surface area contributed by atoms with Gasteiger partial charge in [-0.1, -0.05) is 6.07 Å². The monoisotopic (exact) mass is 193 g/mol. The Morgan fingerprint density at radius 3 is 2.29 bits per heavy atom. The molecule has 14 heavy (non-hydrogen) atoms. The van der Waals surface area contributed by atoms with Gasteiger partial charge in [0.2, 0.25) is 0 Å². The summed E-state index contributed by atoms with van der Waals surface area (Å²) in [5.41, 5.74) is 7.94. The molecule has 1 aromatic rings. The smallest absolute Gasteiger partial charge is 0.120 e. The lowest BCUT2D eigenvalue weighted by Crippen LogP contribution is -2.16. The Bertz CT molecular complexity index is 276. The molecule has 2 N–H and O–H groups in total. The third-order valence-electron chi connectivity index (χ3n) is 2.11. The Balaban J connectivity index is 2.66. The van der Waals surface area contributed by atoms with Crippen LogP contribution in [0.25, 0.3) is 0 Å². The zero-order valence-electron chi connectivity index (χ0n) is 9.21. The third-order valence-corrected chi connectivity index (χ3v) is 2.11. The molecular weight excluding hydrogens is 174 g/mol. The molecule has 0 aliphatic heterocycles. The van der Waals surface area contributed by atoms with Gasteiger partial charge in [0.05, 0.1) is 6.10 Å². The molecule has 1 aromatic carbocycles. The van der Waals surface area contributed by atoms with E-state index in [9.17, 15) is 0 Å². The Labute approximate surface area is 86.1 Å². The lowest BCUT2D eigenvalue weighted by Gasteiger charge is -2.14. The number of benzene rings is 1. The average Bonchev–Trinajstić information content (AvgIpc) is 2.01. The molecule has 0 saturated carbocycles. The van der Waals surface area contributed by atoms with E-state index in [1.807, 2.05) is 6.92 Å². The summed E-state index contributed by atoms with van der Waals surface area (Å²) in [7, 11) is 0. The van der Waals surface area contributed by atoms with Gasteiger partial charge in [-0.15, -0.1) is 0 Å². The summed E-state index contributed by atoms with van der Waals surface area (Å²) < 4.78 is 5.74. The van der Waals surface area contributed by atoms with Gasteiger partial charge in [0.15, 0.2) is 0 Å². The molecule has 0 aliphatic rings. The largest absolute Gasteiger partial charge is 0.491 e. The van der Waals surface area contributed by atoms with E-state index in [2.05, 4.69) is 32.0 Å². The highest BCUT2D eigenvalue weighted by Crippen LogP contribution is 2.18. The maximum absolute atomic E-state index is 5.74. The molecule has 2 nitrogen and oxygen atoms in total. The molecule has 0 saturated heterocycles. The van der Waals surface area contributed by atoms with Crippen LogP contribution in [-0.4, -0.2) is 12.6 Å². The Hall–Kier alpha value is -1.02. The first-order valence-electron chi connectivity index (χ1n) is 5.07. The van der Waals surface area contributed by atoms with Crippen LogP contribution in [-0.2, 0) is 0 Å². The van der Waals surface area contributed by atoms with Crippen LogP contribution in [0.15, 0.2) is 18.2 Å². The van der Waals surface area contributed by atoms with E-state index in [0.717, 1.165) is 12.2 Å².